The van der Waals surface area contributed by atoms with E-state index >= 15 is 0 Å². The van der Waals surface area contributed by atoms with Crippen LogP contribution >= 0.6 is 11.6 Å². The second-order valence-electron chi connectivity index (χ2n) is 6.68. The molecule has 1 saturated carbocycles. The fourth-order valence-corrected chi connectivity index (χ4v) is 3.63. The zero-order chi connectivity index (χ0) is 16.6. The van der Waals surface area contributed by atoms with E-state index in [1.807, 2.05) is 0 Å². The number of aliphatic hydroxyl groups excluding tert-OH is 1. The number of urea groups is 1. The summed E-state index contributed by atoms with van der Waals surface area (Å²) in [4.78, 5) is 26.1. The predicted octanol–water partition coefficient (Wildman–Crippen LogP) is 2.87. The van der Waals surface area contributed by atoms with Crippen LogP contribution in [0.3, 0.4) is 0 Å². The van der Waals surface area contributed by atoms with Gasteiger partial charge >= 0.3 is 6.03 Å². The number of aliphatic hydroxyl groups is 1. The summed E-state index contributed by atoms with van der Waals surface area (Å²) in [5.41, 5.74) is -0.172. The van der Waals surface area contributed by atoms with Crippen molar-refractivity contribution in [2.75, 3.05) is 6.54 Å². The van der Waals surface area contributed by atoms with E-state index in [0.29, 0.717) is 29.3 Å². The lowest BCUT2D eigenvalue weighted by atomic mass is 9.77. The Balaban J connectivity index is 1.73. The summed E-state index contributed by atoms with van der Waals surface area (Å²) >= 11 is 5.92. The Hall–Kier alpha value is -1.59. The summed E-state index contributed by atoms with van der Waals surface area (Å²) in [5.74, 6) is 0.368. The molecule has 1 aliphatic carbocycles. The molecule has 1 spiro atoms. The molecule has 2 aliphatic rings. The van der Waals surface area contributed by atoms with Crippen molar-refractivity contribution in [1.29, 1.82) is 0 Å². The fraction of sp³-hybridized carbons (Fsp3) is 0.529. The Morgan fingerprint density at radius 1 is 1.39 bits per heavy atom. The number of carbonyl (C=O) groups is 2. The first-order chi connectivity index (χ1) is 10.9. The Bertz CT molecular complexity index is 626. The summed E-state index contributed by atoms with van der Waals surface area (Å²) in [6.45, 7) is 2.11. The van der Waals surface area contributed by atoms with Gasteiger partial charge in [0, 0.05) is 5.02 Å². The molecular weight excluding hydrogens is 316 g/mol. The van der Waals surface area contributed by atoms with Gasteiger partial charge in [-0.15, -0.1) is 0 Å². The van der Waals surface area contributed by atoms with Crippen LogP contribution in [0.5, 0.6) is 0 Å². The van der Waals surface area contributed by atoms with Crippen molar-refractivity contribution in [3.63, 3.8) is 0 Å². The molecule has 0 bridgehead atoms. The lowest BCUT2D eigenvalue weighted by Gasteiger charge is -2.33. The van der Waals surface area contributed by atoms with Gasteiger partial charge in [-0.25, -0.2) is 4.79 Å². The lowest BCUT2D eigenvalue weighted by Crippen LogP contribution is -2.49. The molecule has 1 unspecified atom stereocenters. The number of imide groups is 1. The molecule has 3 amide bonds. The number of amides is 3. The highest BCUT2D eigenvalue weighted by molar-refractivity contribution is 6.30. The van der Waals surface area contributed by atoms with Gasteiger partial charge in [0.05, 0.1) is 12.6 Å². The average molecular weight is 337 g/mol. The van der Waals surface area contributed by atoms with Crippen molar-refractivity contribution < 1.29 is 14.7 Å². The maximum atomic E-state index is 12.7. The number of nitrogens with zero attached hydrogens (tertiary/aromatic N) is 1. The molecule has 1 atom stereocenters. The van der Waals surface area contributed by atoms with E-state index in [4.69, 9.17) is 11.6 Å². The maximum absolute atomic E-state index is 12.7. The minimum absolute atomic E-state index is 0.0533. The van der Waals surface area contributed by atoms with Crippen molar-refractivity contribution in [1.82, 2.24) is 10.2 Å². The molecular formula is C17H21ClN2O3. The molecule has 1 aromatic carbocycles. The average Bonchev–Trinajstić information content (AvgIpc) is 2.75. The SMILES string of the molecule is CC1CCC2(CC1)NC(=O)N(CC(O)c1cccc(Cl)c1)C2=O. The first kappa shape index (κ1) is 16.3. The number of hydrogen-bond acceptors (Lipinski definition) is 3. The van der Waals surface area contributed by atoms with E-state index in [1.165, 1.54) is 0 Å². The smallest absolute Gasteiger partial charge is 0.325 e. The normalized spacial score (nSPS) is 29.0. The Kier molecular flexibility index (Phi) is 4.34. The van der Waals surface area contributed by atoms with Gasteiger partial charge < -0.3 is 10.4 Å². The van der Waals surface area contributed by atoms with Crippen LogP contribution in [-0.2, 0) is 4.79 Å². The highest BCUT2D eigenvalue weighted by Gasteiger charge is 2.52. The fourth-order valence-electron chi connectivity index (χ4n) is 3.43. The van der Waals surface area contributed by atoms with Crippen LogP contribution in [0.4, 0.5) is 4.79 Å². The summed E-state index contributed by atoms with van der Waals surface area (Å²) in [6.07, 6.45) is 2.25. The van der Waals surface area contributed by atoms with E-state index in [-0.39, 0.29) is 12.5 Å². The molecule has 6 heteroatoms. The molecule has 1 heterocycles. The van der Waals surface area contributed by atoms with Crippen molar-refractivity contribution >= 4 is 23.5 Å². The highest BCUT2D eigenvalue weighted by Crippen LogP contribution is 2.36. The maximum Gasteiger partial charge on any atom is 0.325 e. The number of carbonyl (C=O) groups excluding carboxylic acids is 2. The van der Waals surface area contributed by atoms with Crippen LogP contribution in [0.2, 0.25) is 5.02 Å². The molecule has 1 saturated heterocycles. The van der Waals surface area contributed by atoms with Gasteiger partial charge in [0.15, 0.2) is 0 Å². The number of β-amino-alcohol motifs (C(OH)–C–C–N with tert-alkyl or cyclic N) is 1. The predicted molar refractivity (Wildman–Crippen MR) is 87.0 cm³/mol. The van der Waals surface area contributed by atoms with Crippen molar-refractivity contribution in [2.24, 2.45) is 5.92 Å². The van der Waals surface area contributed by atoms with E-state index in [9.17, 15) is 14.7 Å². The summed E-state index contributed by atoms with van der Waals surface area (Å²) < 4.78 is 0. The molecule has 2 fully saturated rings. The molecule has 0 radical (unpaired) electrons. The van der Waals surface area contributed by atoms with Gasteiger partial charge in [-0.3, -0.25) is 9.69 Å². The number of benzene rings is 1. The molecule has 23 heavy (non-hydrogen) atoms. The molecule has 2 N–H and O–H groups in total. The molecule has 1 aliphatic heterocycles. The van der Waals surface area contributed by atoms with Crippen molar-refractivity contribution in [3.8, 4) is 0 Å². The minimum Gasteiger partial charge on any atom is -0.387 e. The van der Waals surface area contributed by atoms with E-state index < -0.39 is 17.7 Å². The van der Waals surface area contributed by atoms with Crippen molar-refractivity contribution in [2.45, 2.75) is 44.2 Å². The van der Waals surface area contributed by atoms with Gasteiger partial charge in [-0.1, -0.05) is 30.7 Å². The van der Waals surface area contributed by atoms with Gasteiger partial charge in [0.25, 0.3) is 5.91 Å². The number of halogens is 1. The monoisotopic (exact) mass is 336 g/mol. The van der Waals surface area contributed by atoms with Crippen LogP contribution in [-0.4, -0.2) is 34.0 Å². The molecule has 1 aromatic rings. The van der Waals surface area contributed by atoms with Crippen LogP contribution in [0.25, 0.3) is 0 Å². The van der Waals surface area contributed by atoms with Gasteiger partial charge in [-0.05, 0) is 49.3 Å². The van der Waals surface area contributed by atoms with Crippen LogP contribution in [0.15, 0.2) is 24.3 Å². The first-order valence-electron chi connectivity index (χ1n) is 7.99. The highest BCUT2D eigenvalue weighted by atomic mass is 35.5. The molecule has 5 nitrogen and oxygen atoms in total. The summed E-state index contributed by atoms with van der Waals surface area (Å²) in [6, 6.07) is 6.40. The third-order valence-electron chi connectivity index (χ3n) is 4.96. The Morgan fingerprint density at radius 3 is 2.74 bits per heavy atom. The second kappa shape index (κ2) is 6.13. The molecule has 124 valence electrons. The topological polar surface area (TPSA) is 69.6 Å². The third-order valence-corrected chi connectivity index (χ3v) is 5.20. The zero-order valence-corrected chi connectivity index (χ0v) is 13.8. The van der Waals surface area contributed by atoms with Gasteiger partial charge in [-0.2, -0.15) is 0 Å². The standard InChI is InChI=1S/C17H21ClN2O3/c1-11-5-7-17(8-6-11)15(22)20(16(23)19-17)10-14(21)12-3-2-4-13(18)9-12/h2-4,9,11,14,21H,5-8,10H2,1H3,(H,19,23). The van der Waals surface area contributed by atoms with E-state index in [0.717, 1.165) is 17.7 Å². The van der Waals surface area contributed by atoms with Gasteiger partial charge in [0.1, 0.15) is 5.54 Å². The van der Waals surface area contributed by atoms with Crippen LogP contribution in [0, 0.1) is 5.92 Å². The summed E-state index contributed by atoms with van der Waals surface area (Å²) in [5, 5.41) is 13.7. The quantitative estimate of drug-likeness (QED) is 0.834. The van der Waals surface area contributed by atoms with E-state index in [2.05, 4.69) is 12.2 Å². The molecule has 3 rings (SSSR count). The summed E-state index contributed by atoms with van der Waals surface area (Å²) in [7, 11) is 0. The minimum atomic E-state index is -0.943. The van der Waals surface area contributed by atoms with Crippen molar-refractivity contribution in [3.05, 3.63) is 34.9 Å². The Labute approximate surface area is 140 Å². The number of nitrogens with one attached hydrogen (secondary N) is 1. The third kappa shape index (κ3) is 3.08. The largest absolute Gasteiger partial charge is 0.387 e. The Morgan fingerprint density at radius 2 is 2.09 bits per heavy atom. The molecule has 0 aromatic heterocycles. The van der Waals surface area contributed by atoms with Crippen LogP contribution in [0.1, 0.15) is 44.3 Å². The number of rotatable bonds is 3. The zero-order valence-electron chi connectivity index (χ0n) is 13.1. The van der Waals surface area contributed by atoms with Crippen LogP contribution < -0.4 is 5.32 Å². The van der Waals surface area contributed by atoms with Gasteiger partial charge in [0.2, 0.25) is 0 Å². The number of hydrogen-bond donors (Lipinski definition) is 2. The second-order valence-corrected chi connectivity index (χ2v) is 7.12. The lowest BCUT2D eigenvalue weighted by molar-refractivity contribution is -0.133. The first-order valence-corrected chi connectivity index (χ1v) is 8.37. The van der Waals surface area contributed by atoms with E-state index in [1.54, 1.807) is 24.3 Å².